The van der Waals surface area contributed by atoms with Crippen molar-refractivity contribution in [3.8, 4) is 0 Å². The van der Waals surface area contributed by atoms with Crippen molar-refractivity contribution < 1.29 is 19.1 Å². The summed E-state index contributed by atoms with van der Waals surface area (Å²) in [4.78, 5) is 46.6. The van der Waals surface area contributed by atoms with Gasteiger partial charge in [-0.2, -0.15) is 0 Å². The van der Waals surface area contributed by atoms with E-state index in [2.05, 4.69) is 45.6 Å². The second-order valence-corrected chi connectivity index (χ2v) is 20.2. The lowest BCUT2D eigenvalue weighted by Gasteiger charge is -2.57. The molecule has 8 unspecified atom stereocenters. The molecule has 9 rings (SSSR count). The Kier molecular flexibility index (Phi) is 10.5. The van der Waals surface area contributed by atoms with E-state index in [4.69, 9.17) is 4.74 Å². The molecule has 3 aromatic rings. The van der Waals surface area contributed by atoms with Crippen molar-refractivity contribution in [3.63, 3.8) is 0 Å². The number of piperazine rings is 1. The zero-order valence-electron chi connectivity index (χ0n) is 35.7. The Morgan fingerprint density at radius 1 is 0.845 bits per heavy atom. The van der Waals surface area contributed by atoms with Crippen molar-refractivity contribution in [2.45, 2.75) is 118 Å². The summed E-state index contributed by atoms with van der Waals surface area (Å²) in [7, 11) is 0. The van der Waals surface area contributed by atoms with Crippen molar-refractivity contribution >= 4 is 34.4 Å². The molecule has 7 heteroatoms. The smallest absolute Gasteiger partial charge is 0.410 e. The fourth-order valence-corrected chi connectivity index (χ4v) is 13.0. The molecule has 2 aliphatic heterocycles. The van der Waals surface area contributed by atoms with Gasteiger partial charge in [-0.3, -0.25) is 14.5 Å². The highest BCUT2D eigenvalue weighted by atomic mass is 16.6. The standard InChI is InChI=1S/C51H65N3O4/c1-33(2)11-9-12-34(3)36-29-44-39-18-17-37-30-38(21-24-51(37,5)43(39)22-23-50(44,4)31-36)58-49(57)53-27-25-52(26-28-53)45-20-19-42-46-40(45)15-10-16-41(46)47(55)54(48(42)56)32-35-13-7-6-8-14-35/h6-8,10,13-17,19-20,33-34,36,38-39,43-44H,9,11-12,18,21-32H2,1-5H3. The van der Waals surface area contributed by atoms with Crippen LogP contribution in [-0.4, -0.2) is 60.0 Å². The molecular weight excluding hydrogens is 719 g/mol. The maximum atomic E-state index is 13.7. The number of hydrogen-bond donors (Lipinski definition) is 0. The van der Waals surface area contributed by atoms with Gasteiger partial charge in [-0.15, -0.1) is 0 Å². The van der Waals surface area contributed by atoms with Crippen LogP contribution in [0.2, 0.25) is 0 Å². The first-order valence-corrected chi connectivity index (χ1v) is 22.8. The number of amides is 3. The predicted octanol–water partition coefficient (Wildman–Crippen LogP) is 11.3. The van der Waals surface area contributed by atoms with Gasteiger partial charge in [0.05, 0.1) is 6.54 Å². The normalized spacial score (nSPS) is 31.2. The molecular formula is C51H65N3O4. The minimum atomic E-state index is -0.259. The monoisotopic (exact) mass is 783 g/mol. The Morgan fingerprint density at radius 2 is 1.60 bits per heavy atom. The van der Waals surface area contributed by atoms with Crippen LogP contribution >= 0.6 is 0 Å². The van der Waals surface area contributed by atoms with E-state index in [1.807, 2.05) is 65.6 Å². The third-order valence-corrected chi connectivity index (χ3v) is 16.4. The number of benzene rings is 3. The molecule has 0 N–H and O–H groups in total. The Bertz CT molecular complexity index is 2060. The largest absolute Gasteiger partial charge is 0.446 e. The van der Waals surface area contributed by atoms with E-state index in [-0.39, 0.29) is 36.0 Å². The summed E-state index contributed by atoms with van der Waals surface area (Å²) in [5, 5.41) is 1.63. The summed E-state index contributed by atoms with van der Waals surface area (Å²) in [6.45, 7) is 15.2. The minimum absolute atomic E-state index is 0.0604. The predicted molar refractivity (Wildman–Crippen MR) is 232 cm³/mol. The topological polar surface area (TPSA) is 70.2 Å². The maximum absolute atomic E-state index is 13.7. The number of fused-ring (bicyclic) bond motifs is 5. The van der Waals surface area contributed by atoms with E-state index in [1.165, 1.54) is 56.3 Å². The van der Waals surface area contributed by atoms with Crippen LogP contribution < -0.4 is 4.90 Å². The molecule has 58 heavy (non-hydrogen) atoms. The van der Waals surface area contributed by atoms with Gasteiger partial charge < -0.3 is 14.5 Å². The molecule has 1 saturated heterocycles. The number of hydrogen-bond acceptors (Lipinski definition) is 5. The third kappa shape index (κ3) is 6.96. The third-order valence-electron chi connectivity index (χ3n) is 16.4. The van der Waals surface area contributed by atoms with Crippen molar-refractivity contribution in [1.82, 2.24) is 9.80 Å². The van der Waals surface area contributed by atoms with Gasteiger partial charge in [0.15, 0.2) is 0 Å². The van der Waals surface area contributed by atoms with Crippen molar-refractivity contribution in [2.24, 2.45) is 46.3 Å². The lowest BCUT2D eigenvalue weighted by atomic mass is 9.48. The number of ether oxygens (including phenoxy) is 1. The highest BCUT2D eigenvalue weighted by Gasteiger charge is 2.58. The number of rotatable bonds is 9. The van der Waals surface area contributed by atoms with Gasteiger partial charge in [-0.1, -0.05) is 108 Å². The Labute approximate surface area is 346 Å². The highest BCUT2D eigenvalue weighted by Crippen LogP contribution is 2.66. The van der Waals surface area contributed by atoms with E-state index in [0.29, 0.717) is 42.7 Å². The molecule has 7 nitrogen and oxygen atoms in total. The first-order valence-electron chi connectivity index (χ1n) is 22.8. The number of allylic oxidation sites excluding steroid dienone is 1. The zero-order valence-corrected chi connectivity index (χ0v) is 35.7. The van der Waals surface area contributed by atoms with Crippen molar-refractivity contribution in [3.05, 3.63) is 89.0 Å². The maximum Gasteiger partial charge on any atom is 0.410 e. The molecule has 8 atom stereocenters. The van der Waals surface area contributed by atoms with E-state index in [1.54, 1.807) is 5.57 Å². The van der Waals surface area contributed by atoms with Crippen LogP contribution in [0.5, 0.6) is 0 Å². The van der Waals surface area contributed by atoms with Crippen molar-refractivity contribution in [2.75, 3.05) is 31.1 Å². The number of carbonyl (C=O) groups is 3. The lowest BCUT2D eigenvalue weighted by molar-refractivity contribution is -0.0401. The van der Waals surface area contributed by atoms with Gasteiger partial charge in [0, 0.05) is 60.2 Å². The molecule has 308 valence electrons. The number of anilines is 1. The fraction of sp³-hybridized carbons (Fsp3) is 0.588. The number of nitrogens with zero attached hydrogens (tertiary/aromatic N) is 3. The van der Waals surface area contributed by atoms with Gasteiger partial charge in [-0.05, 0) is 115 Å². The van der Waals surface area contributed by atoms with E-state index in [0.717, 1.165) is 76.8 Å². The quantitative estimate of drug-likeness (QED) is 0.160. The summed E-state index contributed by atoms with van der Waals surface area (Å²) in [5.74, 6) is 4.42. The fourth-order valence-electron chi connectivity index (χ4n) is 13.0. The second kappa shape index (κ2) is 15.5. The summed E-state index contributed by atoms with van der Waals surface area (Å²) in [5.41, 5.74) is 5.33. The van der Waals surface area contributed by atoms with Crippen LogP contribution in [-0.2, 0) is 11.3 Å². The molecule has 0 radical (unpaired) electrons. The van der Waals surface area contributed by atoms with Crippen LogP contribution in [0.3, 0.4) is 0 Å². The minimum Gasteiger partial charge on any atom is -0.446 e. The molecule has 6 aliphatic rings. The van der Waals surface area contributed by atoms with Crippen LogP contribution in [0.15, 0.2) is 72.3 Å². The Balaban J connectivity index is 0.814. The van der Waals surface area contributed by atoms with Crippen LogP contribution in [0, 0.1) is 46.3 Å². The van der Waals surface area contributed by atoms with Crippen LogP contribution in [0.25, 0.3) is 10.8 Å². The van der Waals surface area contributed by atoms with Gasteiger partial charge in [-0.25, -0.2) is 4.79 Å². The van der Waals surface area contributed by atoms with Crippen molar-refractivity contribution in [1.29, 1.82) is 0 Å². The zero-order chi connectivity index (χ0) is 40.3. The lowest BCUT2D eigenvalue weighted by Crippen LogP contribution is -2.51. The average Bonchev–Trinajstić information content (AvgIpc) is 3.60. The molecule has 3 amide bonds. The Hall–Kier alpha value is -4.13. The summed E-state index contributed by atoms with van der Waals surface area (Å²) in [6, 6.07) is 19.3. The van der Waals surface area contributed by atoms with Gasteiger partial charge in [0.2, 0.25) is 0 Å². The molecule has 4 fully saturated rings. The second-order valence-electron chi connectivity index (χ2n) is 20.2. The number of carbonyl (C=O) groups excluding carboxylic acids is 3. The molecule has 0 spiro atoms. The van der Waals surface area contributed by atoms with Gasteiger partial charge in [0.25, 0.3) is 11.8 Å². The molecule has 4 aliphatic carbocycles. The highest BCUT2D eigenvalue weighted by molar-refractivity contribution is 6.26. The van der Waals surface area contributed by atoms with E-state index in [9.17, 15) is 14.4 Å². The Morgan fingerprint density at radius 3 is 2.36 bits per heavy atom. The number of imide groups is 1. The SMILES string of the molecule is CC(C)CCCC(C)C1CC2C3CC=C4CC(OC(=O)N5CCN(c6ccc7c8c(cccc68)C(=O)N(Cc6ccccc6)C7=O)CC5)CCC4(C)C3CCC2(C)C1. The first-order chi connectivity index (χ1) is 27.9. The summed E-state index contributed by atoms with van der Waals surface area (Å²) >= 11 is 0. The molecule has 0 bridgehead atoms. The summed E-state index contributed by atoms with van der Waals surface area (Å²) in [6.07, 6.45) is 16.2. The van der Waals surface area contributed by atoms with E-state index < -0.39 is 0 Å². The molecule has 0 aromatic heterocycles. The summed E-state index contributed by atoms with van der Waals surface area (Å²) < 4.78 is 6.32. The van der Waals surface area contributed by atoms with Crippen LogP contribution in [0.4, 0.5) is 10.5 Å². The molecule has 3 aromatic carbocycles. The van der Waals surface area contributed by atoms with E-state index >= 15 is 0 Å². The van der Waals surface area contributed by atoms with Crippen LogP contribution in [0.1, 0.15) is 132 Å². The molecule has 2 heterocycles. The van der Waals surface area contributed by atoms with Gasteiger partial charge >= 0.3 is 6.09 Å². The first kappa shape index (κ1) is 39.3. The average molecular weight is 784 g/mol. The van der Waals surface area contributed by atoms with Gasteiger partial charge in [0.1, 0.15) is 6.10 Å². The molecule has 3 saturated carbocycles.